The summed E-state index contributed by atoms with van der Waals surface area (Å²) in [4.78, 5) is 44.5. The van der Waals surface area contributed by atoms with E-state index in [1.807, 2.05) is 30.0 Å². The van der Waals surface area contributed by atoms with Gasteiger partial charge in [-0.2, -0.15) is 0 Å². The number of amides is 1. The number of benzene rings is 1. The number of hydrogen-bond donors (Lipinski definition) is 0. The molecule has 160 valence electrons. The standard InChI is InChI=1S/C22H27N3O4S/c1-3-29-21(28)15-10-12-24(13-11-15)19(26)14(2)30-22-23-18-7-5-4-6-17(18)20(27)25(22)16-8-9-16/h4-7,14-16H,3,8-13H2,1-2H3. The summed E-state index contributed by atoms with van der Waals surface area (Å²) in [6, 6.07) is 7.54. The van der Waals surface area contributed by atoms with Crippen LogP contribution in [0.2, 0.25) is 0 Å². The number of carbonyl (C=O) groups is 2. The van der Waals surface area contributed by atoms with Crippen LogP contribution >= 0.6 is 11.8 Å². The van der Waals surface area contributed by atoms with Crippen LogP contribution in [0.25, 0.3) is 10.9 Å². The predicted octanol–water partition coefficient (Wildman–Crippen LogP) is 3.01. The maximum absolute atomic E-state index is 13.0. The highest BCUT2D eigenvalue weighted by molar-refractivity contribution is 8.00. The van der Waals surface area contributed by atoms with Gasteiger partial charge < -0.3 is 9.64 Å². The molecule has 0 radical (unpaired) electrons. The van der Waals surface area contributed by atoms with Crippen molar-refractivity contribution in [1.29, 1.82) is 0 Å². The number of ether oxygens (including phenoxy) is 1. The van der Waals surface area contributed by atoms with Crippen molar-refractivity contribution in [3.63, 3.8) is 0 Å². The van der Waals surface area contributed by atoms with Crippen LogP contribution in [0, 0.1) is 5.92 Å². The van der Waals surface area contributed by atoms with Gasteiger partial charge in [0, 0.05) is 19.1 Å². The number of esters is 1. The average molecular weight is 430 g/mol. The Kier molecular flexibility index (Phi) is 6.13. The molecule has 1 aliphatic heterocycles. The van der Waals surface area contributed by atoms with Gasteiger partial charge in [0.25, 0.3) is 5.56 Å². The van der Waals surface area contributed by atoms with Crippen molar-refractivity contribution in [2.24, 2.45) is 5.92 Å². The Morgan fingerprint density at radius 3 is 2.57 bits per heavy atom. The van der Waals surface area contributed by atoms with Gasteiger partial charge in [-0.15, -0.1) is 0 Å². The highest BCUT2D eigenvalue weighted by Crippen LogP contribution is 2.38. The number of likely N-dealkylation sites (tertiary alicyclic amines) is 1. The molecule has 1 aromatic carbocycles. The molecular weight excluding hydrogens is 402 g/mol. The van der Waals surface area contributed by atoms with Gasteiger partial charge in [-0.05, 0) is 51.7 Å². The molecule has 1 saturated heterocycles. The molecule has 7 nitrogen and oxygen atoms in total. The van der Waals surface area contributed by atoms with Gasteiger partial charge in [-0.1, -0.05) is 23.9 Å². The first kappa shape index (κ1) is 20.9. The lowest BCUT2D eigenvalue weighted by molar-refractivity contribution is -0.151. The van der Waals surface area contributed by atoms with Crippen molar-refractivity contribution >= 4 is 34.5 Å². The fourth-order valence-corrected chi connectivity index (χ4v) is 4.99. The van der Waals surface area contributed by atoms with Gasteiger partial charge in [0.2, 0.25) is 5.91 Å². The van der Waals surface area contributed by atoms with Crippen molar-refractivity contribution in [3.8, 4) is 0 Å². The number of hydrogen-bond acceptors (Lipinski definition) is 6. The molecule has 2 fully saturated rings. The summed E-state index contributed by atoms with van der Waals surface area (Å²) in [6.45, 7) is 5.15. The summed E-state index contributed by atoms with van der Waals surface area (Å²) in [5.41, 5.74) is 0.636. The van der Waals surface area contributed by atoms with Gasteiger partial charge in [-0.3, -0.25) is 19.0 Å². The third-order valence-corrected chi connectivity index (χ3v) is 6.80. The minimum Gasteiger partial charge on any atom is -0.466 e. The molecule has 30 heavy (non-hydrogen) atoms. The SMILES string of the molecule is CCOC(=O)C1CCN(C(=O)C(C)Sc2nc3ccccc3c(=O)n2C2CC2)CC1. The lowest BCUT2D eigenvalue weighted by Gasteiger charge is -2.32. The molecule has 8 heteroatoms. The molecule has 1 amide bonds. The van der Waals surface area contributed by atoms with E-state index < -0.39 is 0 Å². The normalized spacial score (nSPS) is 18.4. The van der Waals surface area contributed by atoms with Crippen LogP contribution in [0.5, 0.6) is 0 Å². The van der Waals surface area contributed by atoms with Crippen LogP contribution in [0.4, 0.5) is 0 Å². The van der Waals surface area contributed by atoms with Gasteiger partial charge in [-0.25, -0.2) is 4.98 Å². The zero-order valence-electron chi connectivity index (χ0n) is 17.4. The van der Waals surface area contributed by atoms with Crippen molar-refractivity contribution in [1.82, 2.24) is 14.5 Å². The summed E-state index contributed by atoms with van der Waals surface area (Å²) in [6.07, 6.45) is 3.19. The first-order chi connectivity index (χ1) is 14.5. The Balaban J connectivity index is 1.48. The predicted molar refractivity (Wildman–Crippen MR) is 116 cm³/mol. The zero-order valence-corrected chi connectivity index (χ0v) is 18.2. The van der Waals surface area contributed by atoms with Crippen LogP contribution in [0.1, 0.15) is 45.6 Å². The van der Waals surface area contributed by atoms with Crippen LogP contribution in [-0.4, -0.2) is 51.3 Å². The number of thioether (sulfide) groups is 1. The molecule has 1 aromatic heterocycles. The molecule has 1 atom stereocenters. The molecule has 2 aliphatic rings. The van der Waals surface area contributed by atoms with Crippen molar-refractivity contribution in [3.05, 3.63) is 34.6 Å². The molecule has 0 bridgehead atoms. The maximum Gasteiger partial charge on any atom is 0.309 e. The second-order valence-corrected chi connectivity index (χ2v) is 9.24. The maximum atomic E-state index is 13.0. The van der Waals surface area contributed by atoms with E-state index in [4.69, 9.17) is 9.72 Å². The van der Waals surface area contributed by atoms with Crippen LogP contribution in [0.15, 0.2) is 34.2 Å². The smallest absolute Gasteiger partial charge is 0.309 e. The molecule has 0 spiro atoms. The molecule has 2 aromatic rings. The fraction of sp³-hybridized carbons (Fsp3) is 0.545. The first-order valence-corrected chi connectivity index (χ1v) is 11.5. The van der Waals surface area contributed by atoms with Crippen molar-refractivity contribution in [2.75, 3.05) is 19.7 Å². The molecule has 2 heterocycles. The van der Waals surface area contributed by atoms with Crippen molar-refractivity contribution < 1.29 is 14.3 Å². The van der Waals surface area contributed by atoms with E-state index in [9.17, 15) is 14.4 Å². The monoisotopic (exact) mass is 429 g/mol. The molecule has 0 N–H and O–H groups in total. The zero-order chi connectivity index (χ0) is 21.3. The average Bonchev–Trinajstić information content (AvgIpc) is 3.58. The number of fused-ring (bicyclic) bond motifs is 1. The number of piperidine rings is 1. The number of aromatic nitrogens is 2. The molecule has 1 unspecified atom stereocenters. The summed E-state index contributed by atoms with van der Waals surface area (Å²) in [7, 11) is 0. The first-order valence-electron chi connectivity index (χ1n) is 10.6. The topological polar surface area (TPSA) is 81.5 Å². The van der Waals surface area contributed by atoms with E-state index >= 15 is 0 Å². The largest absolute Gasteiger partial charge is 0.466 e. The lowest BCUT2D eigenvalue weighted by atomic mass is 9.97. The van der Waals surface area contributed by atoms with Crippen molar-refractivity contribution in [2.45, 2.75) is 56.0 Å². The quantitative estimate of drug-likeness (QED) is 0.399. The third kappa shape index (κ3) is 4.24. The second kappa shape index (κ2) is 8.79. The van der Waals surface area contributed by atoms with Gasteiger partial charge >= 0.3 is 5.97 Å². The number of nitrogens with zero attached hydrogens (tertiary/aromatic N) is 3. The number of carbonyl (C=O) groups excluding carboxylic acids is 2. The summed E-state index contributed by atoms with van der Waals surface area (Å²) in [5, 5.41) is 0.874. The molecule has 1 saturated carbocycles. The molecule has 1 aliphatic carbocycles. The Labute approximate surface area is 179 Å². The van der Waals surface area contributed by atoms with Gasteiger partial charge in [0.15, 0.2) is 5.16 Å². The Hall–Kier alpha value is -2.35. The highest BCUT2D eigenvalue weighted by atomic mass is 32.2. The van der Waals surface area contributed by atoms with E-state index in [2.05, 4.69) is 0 Å². The minimum atomic E-state index is -0.359. The summed E-state index contributed by atoms with van der Waals surface area (Å²) < 4.78 is 6.87. The number of para-hydroxylation sites is 1. The van der Waals surface area contributed by atoms with Crippen LogP contribution < -0.4 is 5.56 Å². The lowest BCUT2D eigenvalue weighted by Crippen LogP contribution is -2.43. The fourth-order valence-electron chi connectivity index (χ4n) is 3.92. The number of rotatable bonds is 6. The van der Waals surface area contributed by atoms with Gasteiger partial charge in [0.05, 0.1) is 28.7 Å². The Bertz CT molecular complexity index is 1010. The van der Waals surface area contributed by atoms with E-state index in [-0.39, 0.29) is 34.6 Å². The minimum absolute atomic E-state index is 0.0204. The van der Waals surface area contributed by atoms with Gasteiger partial charge in [0.1, 0.15) is 0 Å². The van der Waals surface area contributed by atoms with E-state index in [1.165, 1.54) is 11.8 Å². The van der Waals surface area contributed by atoms with Crippen LogP contribution in [0.3, 0.4) is 0 Å². The van der Waals surface area contributed by atoms with E-state index in [0.29, 0.717) is 48.6 Å². The van der Waals surface area contributed by atoms with Crippen LogP contribution in [-0.2, 0) is 14.3 Å². The Morgan fingerprint density at radius 2 is 1.90 bits per heavy atom. The summed E-state index contributed by atoms with van der Waals surface area (Å²) in [5.74, 6) is -0.271. The highest BCUT2D eigenvalue weighted by Gasteiger charge is 2.33. The molecule has 4 rings (SSSR count). The summed E-state index contributed by atoms with van der Waals surface area (Å²) >= 11 is 1.35. The molecular formula is C22H27N3O4S. The van der Waals surface area contributed by atoms with E-state index in [0.717, 1.165) is 12.8 Å². The third-order valence-electron chi connectivity index (χ3n) is 5.74. The Morgan fingerprint density at radius 1 is 1.20 bits per heavy atom. The van der Waals surface area contributed by atoms with E-state index in [1.54, 1.807) is 17.6 Å². The second-order valence-electron chi connectivity index (χ2n) is 7.93.